The van der Waals surface area contributed by atoms with Gasteiger partial charge in [-0.2, -0.15) is 13.2 Å². The summed E-state index contributed by atoms with van der Waals surface area (Å²) in [5, 5.41) is 5.37. The summed E-state index contributed by atoms with van der Waals surface area (Å²) in [6, 6.07) is 9.13. The van der Waals surface area contributed by atoms with Gasteiger partial charge in [0.2, 0.25) is 5.91 Å². The zero-order valence-electron chi connectivity index (χ0n) is 16.9. The van der Waals surface area contributed by atoms with E-state index in [1.807, 2.05) is 0 Å². The molecule has 1 aromatic carbocycles. The molecular weight excluding hydrogens is 413 g/mol. The van der Waals surface area contributed by atoms with Crippen LogP contribution in [0.15, 0.2) is 42.6 Å². The summed E-state index contributed by atoms with van der Waals surface area (Å²) < 4.78 is 44.4. The zero-order valence-corrected chi connectivity index (χ0v) is 16.9. The number of nitrogens with zero attached hydrogens (tertiary/aromatic N) is 2. The maximum atomic E-state index is 13.3. The molecule has 0 radical (unpaired) electrons. The Morgan fingerprint density at radius 1 is 1.23 bits per heavy atom. The molecule has 1 unspecified atom stereocenters. The molecule has 2 aromatic rings. The van der Waals surface area contributed by atoms with Crippen molar-refractivity contribution in [3.63, 3.8) is 0 Å². The Balaban J connectivity index is 1.59. The molecule has 0 bridgehead atoms. The maximum Gasteiger partial charge on any atom is 0.419 e. The molecule has 1 fully saturated rings. The Hall–Kier alpha value is -3.30. The Morgan fingerprint density at radius 3 is 2.65 bits per heavy atom. The van der Waals surface area contributed by atoms with E-state index in [4.69, 9.17) is 0 Å². The fourth-order valence-electron chi connectivity index (χ4n) is 3.46. The number of methoxy groups -OCH3 is 1. The van der Waals surface area contributed by atoms with E-state index < -0.39 is 23.8 Å². The fraction of sp³-hybridized carbons (Fsp3) is 0.381. The number of pyridine rings is 1. The van der Waals surface area contributed by atoms with E-state index in [-0.39, 0.29) is 24.8 Å². The van der Waals surface area contributed by atoms with Crippen LogP contribution < -0.4 is 15.5 Å². The number of hydrogen-bond acceptors (Lipinski definition) is 5. The first-order valence-electron chi connectivity index (χ1n) is 9.76. The van der Waals surface area contributed by atoms with E-state index in [1.54, 1.807) is 24.3 Å². The van der Waals surface area contributed by atoms with Crippen molar-refractivity contribution in [2.45, 2.75) is 25.6 Å². The van der Waals surface area contributed by atoms with Crippen LogP contribution in [0.25, 0.3) is 0 Å². The zero-order chi connectivity index (χ0) is 22.4. The SMILES string of the molecule is COC(=O)Nc1ccc(CNC(=O)C2CCCN(c3ncccc3C(F)(F)F)C2)cc1. The molecule has 2 amide bonds. The van der Waals surface area contributed by atoms with Gasteiger partial charge in [-0.05, 0) is 42.7 Å². The second-order valence-corrected chi connectivity index (χ2v) is 7.19. The molecule has 166 valence electrons. The molecule has 2 heterocycles. The molecule has 1 aliphatic heterocycles. The lowest BCUT2D eigenvalue weighted by Crippen LogP contribution is -2.43. The number of alkyl halides is 3. The van der Waals surface area contributed by atoms with Crippen LogP contribution in [0.2, 0.25) is 0 Å². The summed E-state index contributed by atoms with van der Waals surface area (Å²) >= 11 is 0. The lowest BCUT2D eigenvalue weighted by Gasteiger charge is -2.34. The normalized spacial score (nSPS) is 16.5. The third-order valence-electron chi connectivity index (χ3n) is 5.04. The summed E-state index contributed by atoms with van der Waals surface area (Å²) in [5.74, 6) is -0.788. The summed E-state index contributed by atoms with van der Waals surface area (Å²) in [7, 11) is 1.27. The minimum absolute atomic E-state index is 0.138. The van der Waals surface area contributed by atoms with Gasteiger partial charge in [-0.3, -0.25) is 10.1 Å². The number of aromatic nitrogens is 1. The third-order valence-corrected chi connectivity index (χ3v) is 5.04. The number of piperidine rings is 1. The fourth-order valence-corrected chi connectivity index (χ4v) is 3.46. The topological polar surface area (TPSA) is 83.6 Å². The van der Waals surface area contributed by atoms with Crippen molar-refractivity contribution in [1.29, 1.82) is 0 Å². The van der Waals surface area contributed by atoms with Gasteiger partial charge in [0, 0.05) is 31.5 Å². The van der Waals surface area contributed by atoms with Crippen molar-refractivity contribution in [1.82, 2.24) is 10.3 Å². The molecule has 1 aromatic heterocycles. The van der Waals surface area contributed by atoms with Gasteiger partial charge in [-0.25, -0.2) is 9.78 Å². The van der Waals surface area contributed by atoms with Crippen LogP contribution in [-0.2, 0) is 22.3 Å². The van der Waals surface area contributed by atoms with Crippen LogP contribution >= 0.6 is 0 Å². The number of carbonyl (C=O) groups is 2. The molecule has 7 nitrogen and oxygen atoms in total. The highest BCUT2D eigenvalue weighted by Crippen LogP contribution is 2.36. The standard InChI is InChI=1S/C21H23F3N4O3/c1-31-20(30)27-16-8-6-14(7-9-16)12-26-19(29)15-4-3-11-28(13-15)18-17(21(22,23)24)5-2-10-25-18/h2,5-10,15H,3-4,11-13H2,1H3,(H,26,29)(H,27,30). The Bertz CT molecular complexity index is 919. The number of benzene rings is 1. The molecule has 0 saturated carbocycles. The van der Waals surface area contributed by atoms with Gasteiger partial charge in [0.15, 0.2) is 0 Å². The number of ether oxygens (including phenoxy) is 1. The first-order chi connectivity index (χ1) is 14.8. The van der Waals surface area contributed by atoms with E-state index in [1.165, 1.54) is 24.3 Å². The highest BCUT2D eigenvalue weighted by molar-refractivity contribution is 5.84. The minimum atomic E-state index is -4.51. The highest BCUT2D eigenvalue weighted by Gasteiger charge is 2.37. The largest absolute Gasteiger partial charge is 0.453 e. The van der Waals surface area contributed by atoms with E-state index in [0.29, 0.717) is 25.1 Å². The van der Waals surface area contributed by atoms with Crippen molar-refractivity contribution >= 4 is 23.5 Å². The van der Waals surface area contributed by atoms with E-state index in [0.717, 1.165) is 11.6 Å². The number of amides is 2. The molecule has 1 atom stereocenters. The molecule has 1 aliphatic rings. The molecule has 10 heteroatoms. The lowest BCUT2D eigenvalue weighted by molar-refractivity contribution is -0.137. The van der Waals surface area contributed by atoms with Gasteiger partial charge < -0.3 is 15.0 Å². The molecule has 3 rings (SSSR count). The van der Waals surface area contributed by atoms with E-state index in [9.17, 15) is 22.8 Å². The van der Waals surface area contributed by atoms with Crippen molar-refractivity contribution < 1.29 is 27.5 Å². The average molecular weight is 436 g/mol. The highest BCUT2D eigenvalue weighted by atomic mass is 19.4. The van der Waals surface area contributed by atoms with Crippen LogP contribution in [-0.4, -0.2) is 37.2 Å². The third kappa shape index (κ3) is 5.87. The number of hydrogen-bond donors (Lipinski definition) is 2. The molecule has 2 N–H and O–H groups in total. The summed E-state index contributed by atoms with van der Waals surface area (Å²) in [4.78, 5) is 29.3. The van der Waals surface area contributed by atoms with Gasteiger partial charge >= 0.3 is 12.3 Å². The van der Waals surface area contributed by atoms with Crippen LogP contribution in [0, 0.1) is 5.92 Å². The van der Waals surface area contributed by atoms with Gasteiger partial charge in [-0.1, -0.05) is 12.1 Å². The van der Waals surface area contributed by atoms with Crippen molar-refractivity contribution in [2.24, 2.45) is 5.92 Å². The Morgan fingerprint density at radius 2 is 1.97 bits per heavy atom. The summed E-state index contributed by atoms with van der Waals surface area (Å²) in [5.41, 5.74) is 0.581. The number of nitrogens with one attached hydrogen (secondary N) is 2. The predicted octanol–water partition coefficient (Wildman–Crippen LogP) is 3.81. The second-order valence-electron chi connectivity index (χ2n) is 7.19. The van der Waals surface area contributed by atoms with Crippen LogP contribution in [0.1, 0.15) is 24.0 Å². The van der Waals surface area contributed by atoms with Crippen molar-refractivity contribution in [2.75, 3.05) is 30.4 Å². The molecule has 1 saturated heterocycles. The molecular formula is C21H23F3N4O3. The van der Waals surface area contributed by atoms with Gasteiger partial charge in [0.05, 0.1) is 18.6 Å². The van der Waals surface area contributed by atoms with Gasteiger partial charge in [0.1, 0.15) is 5.82 Å². The number of anilines is 2. The predicted molar refractivity (Wildman–Crippen MR) is 108 cm³/mol. The quantitative estimate of drug-likeness (QED) is 0.745. The first-order valence-corrected chi connectivity index (χ1v) is 9.76. The number of halogens is 3. The average Bonchev–Trinajstić information content (AvgIpc) is 2.78. The minimum Gasteiger partial charge on any atom is -0.453 e. The smallest absolute Gasteiger partial charge is 0.419 e. The molecule has 0 aliphatic carbocycles. The monoisotopic (exact) mass is 436 g/mol. The molecule has 31 heavy (non-hydrogen) atoms. The summed E-state index contributed by atoms with van der Waals surface area (Å²) in [6.45, 7) is 0.859. The molecule has 0 spiro atoms. The number of carbonyl (C=O) groups excluding carboxylic acids is 2. The number of rotatable bonds is 5. The van der Waals surface area contributed by atoms with Crippen LogP contribution in [0.5, 0.6) is 0 Å². The maximum absolute atomic E-state index is 13.3. The van der Waals surface area contributed by atoms with Gasteiger partial charge in [-0.15, -0.1) is 0 Å². The van der Waals surface area contributed by atoms with Crippen molar-refractivity contribution in [3.05, 3.63) is 53.7 Å². The Labute approximate surface area is 177 Å². The van der Waals surface area contributed by atoms with E-state index >= 15 is 0 Å². The summed E-state index contributed by atoms with van der Waals surface area (Å²) in [6.07, 6.45) is -2.57. The first kappa shape index (κ1) is 22.4. The lowest BCUT2D eigenvalue weighted by atomic mass is 9.96. The second kappa shape index (κ2) is 9.67. The van der Waals surface area contributed by atoms with Crippen LogP contribution in [0.4, 0.5) is 29.5 Å². The van der Waals surface area contributed by atoms with Gasteiger partial charge in [0.25, 0.3) is 0 Å². The van der Waals surface area contributed by atoms with Crippen LogP contribution in [0.3, 0.4) is 0 Å². The Kier molecular flexibility index (Phi) is 6.98. The van der Waals surface area contributed by atoms with Crippen molar-refractivity contribution in [3.8, 4) is 0 Å². The van der Waals surface area contributed by atoms with E-state index in [2.05, 4.69) is 20.4 Å².